The number of hydrogen-bond donors (Lipinski definition) is 1. The lowest BCUT2D eigenvalue weighted by Crippen LogP contribution is -1.70. The molecular formula is C9H9ClN2. The molecule has 0 saturated carbocycles. The number of hydrogen-bond acceptors (Lipinski definition) is 1. The monoisotopic (exact) mass is 180 g/mol. The molecule has 1 N–H and O–H groups in total. The number of aliphatic imine (C=N–C) groups is 1. The highest BCUT2D eigenvalue weighted by Gasteiger charge is 1.93. The normalized spacial score (nSPS) is 16.8. The molecule has 1 aromatic heterocycles. The molecule has 0 spiro atoms. The average molecular weight is 181 g/mol. The molecule has 0 atom stereocenters. The Hall–Kier alpha value is -1.28. The van der Waals surface area contributed by atoms with Crippen LogP contribution in [0.25, 0.3) is 6.08 Å². The minimum absolute atomic E-state index is 0. The second-order valence-corrected chi connectivity index (χ2v) is 2.33. The molecule has 0 saturated heterocycles. The fraction of sp³-hybridized carbons (Fsp3) is 0. The Kier molecular flexibility index (Phi) is 2.88. The fourth-order valence-electron chi connectivity index (χ4n) is 0.992. The van der Waals surface area contributed by atoms with E-state index in [1.54, 1.807) is 6.21 Å². The minimum atomic E-state index is 0. The highest BCUT2D eigenvalue weighted by molar-refractivity contribution is 5.85. The van der Waals surface area contributed by atoms with Crippen LogP contribution in [-0.4, -0.2) is 11.2 Å². The highest BCUT2D eigenvalue weighted by atomic mass is 35.5. The molecule has 62 valence electrons. The van der Waals surface area contributed by atoms with Crippen LogP contribution in [0.1, 0.15) is 5.69 Å². The van der Waals surface area contributed by atoms with Gasteiger partial charge in [-0.1, -0.05) is 0 Å². The average Bonchev–Trinajstić information content (AvgIpc) is 2.60. The van der Waals surface area contributed by atoms with Crippen molar-refractivity contribution in [3.63, 3.8) is 0 Å². The molecule has 1 aliphatic heterocycles. The van der Waals surface area contributed by atoms with E-state index in [4.69, 9.17) is 0 Å². The Labute approximate surface area is 77.1 Å². The Morgan fingerprint density at radius 1 is 1.42 bits per heavy atom. The van der Waals surface area contributed by atoms with Gasteiger partial charge in [0.1, 0.15) is 0 Å². The third-order valence-electron chi connectivity index (χ3n) is 1.50. The number of H-pyrrole nitrogens is 1. The maximum atomic E-state index is 4.12. The lowest BCUT2D eigenvalue weighted by molar-refractivity contribution is 1.36. The van der Waals surface area contributed by atoms with E-state index in [1.165, 1.54) is 0 Å². The molecule has 0 fully saturated rings. The first kappa shape index (κ1) is 8.81. The summed E-state index contributed by atoms with van der Waals surface area (Å²) in [5.74, 6) is 0. The standard InChI is InChI=1S/C9H8N2.ClH/c1-3-8(10-5-1)7-9-4-2-6-11-9;/h1-7,10H;1H/b9-7+;. The second-order valence-electron chi connectivity index (χ2n) is 2.33. The highest BCUT2D eigenvalue weighted by Crippen LogP contribution is 2.09. The molecule has 0 radical (unpaired) electrons. The summed E-state index contributed by atoms with van der Waals surface area (Å²) < 4.78 is 0. The second kappa shape index (κ2) is 3.93. The van der Waals surface area contributed by atoms with Crippen LogP contribution in [0.3, 0.4) is 0 Å². The first-order chi connectivity index (χ1) is 5.45. The van der Waals surface area contributed by atoms with Gasteiger partial charge in [-0.3, -0.25) is 4.99 Å². The van der Waals surface area contributed by atoms with Gasteiger partial charge in [0.15, 0.2) is 0 Å². The summed E-state index contributed by atoms with van der Waals surface area (Å²) in [7, 11) is 0. The van der Waals surface area contributed by atoms with Gasteiger partial charge in [-0.2, -0.15) is 0 Å². The molecule has 0 bridgehead atoms. The molecular weight excluding hydrogens is 172 g/mol. The first-order valence-corrected chi connectivity index (χ1v) is 3.51. The van der Waals surface area contributed by atoms with Gasteiger partial charge in [0.05, 0.1) is 5.70 Å². The number of aromatic nitrogens is 1. The zero-order valence-corrected chi connectivity index (χ0v) is 7.21. The van der Waals surface area contributed by atoms with Gasteiger partial charge in [-0.15, -0.1) is 12.4 Å². The summed E-state index contributed by atoms with van der Waals surface area (Å²) >= 11 is 0. The van der Waals surface area contributed by atoms with E-state index in [2.05, 4.69) is 9.98 Å². The predicted octanol–water partition coefficient (Wildman–Crippen LogP) is 2.42. The number of allylic oxidation sites excluding steroid dienone is 2. The maximum Gasteiger partial charge on any atom is 0.0650 e. The SMILES string of the molecule is C1=C/C(=C\c2ccc[nH]2)N=C1.Cl. The van der Waals surface area contributed by atoms with Crippen LogP contribution >= 0.6 is 12.4 Å². The lowest BCUT2D eigenvalue weighted by Gasteiger charge is -1.86. The van der Waals surface area contributed by atoms with Crippen molar-refractivity contribution in [3.8, 4) is 0 Å². The van der Waals surface area contributed by atoms with Crippen molar-refractivity contribution < 1.29 is 0 Å². The molecule has 2 rings (SSSR count). The zero-order chi connectivity index (χ0) is 7.52. The third-order valence-corrected chi connectivity index (χ3v) is 1.50. The van der Waals surface area contributed by atoms with E-state index in [0.29, 0.717) is 0 Å². The molecule has 12 heavy (non-hydrogen) atoms. The molecule has 1 aliphatic rings. The van der Waals surface area contributed by atoms with Gasteiger partial charge in [0.2, 0.25) is 0 Å². The Morgan fingerprint density at radius 3 is 2.92 bits per heavy atom. The molecule has 0 aromatic carbocycles. The van der Waals surface area contributed by atoms with Crippen molar-refractivity contribution in [2.45, 2.75) is 0 Å². The number of rotatable bonds is 1. The summed E-state index contributed by atoms with van der Waals surface area (Å²) in [4.78, 5) is 7.20. The van der Waals surface area contributed by atoms with E-state index in [1.807, 2.05) is 36.6 Å². The number of nitrogens with one attached hydrogen (secondary N) is 1. The van der Waals surface area contributed by atoms with Crippen molar-refractivity contribution in [3.05, 3.63) is 41.9 Å². The molecule has 3 heteroatoms. The van der Waals surface area contributed by atoms with Crippen LogP contribution in [0.2, 0.25) is 0 Å². The summed E-state index contributed by atoms with van der Waals surface area (Å²) in [5.41, 5.74) is 2.08. The van der Waals surface area contributed by atoms with Crippen LogP contribution in [0.15, 0.2) is 41.2 Å². The van der Waals surface area contributed by atoms with Crippen LogP contribution in [-0.2, 0) is 0 Å². The van der Waals surface area contributed by atoms with Crippen molar-refractivity contribution in [1.82, 2.24) is 4.98 Å². The lowest BCUT2D eigenvalue weighted by atomic mass is 10.3. The predicted molar refractivity (Wildman–Crippen MR) is 53.6 cm³/mol. The fourth-order valence-corrected chi connectivity index (χ4v) is 0.992. The molecule has 2 heterocycles. The first-order valence-electron chi connectivity index (χ1n) is 3.51. The van der Waals surface area contributed by atoms with E-state index in [9.17, 15) is 0 Å². The smallest absolute Gasteiger partial charge is 0.0650 e. The topological polar surface area (TPSA) is 28.1 Å². The third kappa shape index (κ3) is 1.86. The summed E-state index contributed by atoms with van der Waals surface area (Å²) in [6.45, 7) is 0. The summed E-state index contributed by atoms with van der Waals surface area (Å²) in [6, 6.07) is 3.98. The van der Waals surface area contributed by atoms with Crippen LogP contribution in [0.5, 0.6) is 0 Å². The largest absolute Gasteiger partial charge is 0.362 e. The van der Waals surface area contributed by atoms with Gasteiger partial charge < -0.3 is 4.98 Å². The van der Waals surface area contributed by atoms with Crippen LogP contribution < -0.4 is 0 Å². The van der Waals surface area contributed by atoms with E-state index in [-0.39, 0.29) is 12.4 Å². The Bertz CT molecular complexity index is 306. The number of nitrogens with zero attached hydrogens (tertiary/aromatic N) is 1. The van der Waals surface area contributed by atoms with Gasteiger partial charge in [0, 0.05) is 18.1 Å². The van der Waals surface area contributed by atoms with Crippen LogP contribution in [0, 0.1) is 0 Å². The molecule has 2 nitrogen and oxygen atoms in total. The Balaban J connectivity index is 0.000000720. The molecule has 1 aromatic rings. The molecule has 0 unspecified atom stereocenters. The van der Waals surface area contributed by atoms with Crippen molar-refractivity contribution in [2.24, 2.45) is 4.99 Å². The maximum absolute atomic E-state index is 4.12. The Morgan fingerprint density at radius 2 is 2.33 bits per heavy atom. The molecule has 0 aliphatic carbocycles. The van der Waals surface area contributed by atoms with Gasteiger partial charge in [-0.05, 0) is 30.4 Å². The van der Waals surface area contributed by atoms with Crippen molar-refractivity contribution in [1.29, 1.82) is 0 Å². The quantitative estimate of drug-likeness (QED) is 0.688. The molecule has 0 amide bonds. The number of halogens is 1. The van der Waals surface area contributed by atoms with Crippen molar-refractivity contribution in [2.75, 3.05) is 0 Å². The van der Waals surface area contributed by atoms with Crippen LogP contribution in [0.4, 0.5) is 0 Å². The van der Waals surface area contributed by atoms with Crippen molar-refractivity contribution >= 4 is 24.7 Å². The van der Waals surface area contributed by atoms with Gasteiger partial charge >= 0.3 is 0 Å². The summed E-state index contributed by atoms with van der Waals surface area (Å²) in [6.07, 6.45) is 9.58. The van der Waals surface area contributed by atoms with E-state index < -0.39 is 0 Å². The van der Waals surface area contributed by atoms with E-state index >= 15 is 0 Å². The number of aromatic amines is 1. The minimum Gasteiger partial charge on any atom is -0.362 e. The zero-order valence-electron chi connectivity index (χ0n) is 6.40. The van der Waals surface area contributed by atoms with E-state index in [0.717, 1.165) is 11.4 Å². The van der Waals surface area contributed by atoms with Gasteiger partial charge in [-0.25, -0.2) is 0 Å². The summed E-state index contributed by atoms with van der Waals surface area (Å²) in [5, 5.41) is 0. The van der Waals surface area contributed by atoms with Gasteiger partial charge in [0.25, 0.3) is 0 Å².